The summed E-state index contributed by atoms with van der Waals surface area (Å²) >= 11 is 1.99. The van der Waals surface area contributed by atoms with Crippen LogP contribution < -0.4 is 9.80 Å². The molecule has 2 unspecified atom stereocenters. The average Bonchev–Trinajstić information content (AvgIpc) is 3.78. The molecule has 8 aromatic carbocycles. The fourth-order valence-corrected chi connectivity index (χ4v) is 10.1. The molecule has 1 aliphatic carbocycles. The Labute approximate surface area is 331 Å². The predicted octanol–water partition coefficient (Wildman–Crippen LogP) is 14.3. The Kier molecular flexibility index (Phi) is 7.89. The van der Waals surface area contributed by atoms with Gasteiger partial charge in [-0.1, -0.05) is 115 Å². The predicted molar refractivity (Wildman–Crippen MR) is 238 cm³/mol. The Morgan fingerprint density at radius 1 is 0.446 bits per heavy atom. The average molecular weight is 736 g/mol. The topological polar surface area (TPSA) is 11.4 Å². The fourth-order valence-electron chi connectivity index (χ4n) is 8.70. The van der Waals surface area contributed by atoms with Gasteiger partial charge in [0.05, 0.1) is 11.0 Å². The van der Waals surface area contributed by atoms with Crippen LogP contribution in [-0.2, 0) is 0 Å². The SMILES string of the molecule is C1=CC2c3cc4ccccc4cc3SC2C=C1N(c1ccccc1)c1cccc(N(c2ccccc2)c2ccc3c4ccccc4n(-c4ccccc4)c3c2)c1. The lowest BCUT2D eigenvalue weighted by Gasteiger charge is -2.32. The van der Waals surface area contributed by atoms with E-state index >= 15 is 0 Å². The number of benzene rings is 8. The van der Waals surface area contributed by atoms with Gasteiger partial charge in [0.2, 0.25) is 0 Å². The van der Waals surface area contributed by atoms with E-state index in [1.807, 2.05) is 11.8 Å². The van der Waals surface area contributed by atoms with E-state index in [4.69, 9.17) is 0 Å². The molecule has 0 bridgehead atoms. The number of hydrogen-bond acceptors (Lipinski definition) is 3. The molecular formula is C52H37N3S. The molecular weight excluding hydrogens is 699 g/mol. The number of anilines is 5. The first-order valence-electron chi connectivity index (χ1n) is 19.3. The molecule has 2 aliphatic rings. The molecule has 0 radical (unpaired) electrons. The van der Waals surface area contributed by atoms with E-state index in [0.29, 0.717) is 11.2 Å². The molecule has 0 N–H and O–H groups in total. The van der Waals surface area contributed by atoms with E-state index in [-0.39, 0.29) is 0 Å². The van der Waals surface area contributed by atoms with Crippen LogP contribution in [0.15, 0.2) is 223 Å². The Morgan fingerprint density at radius 2 is 1.04 bits per heavy atom. The first-order valence-corrected chi connectivity index (χ1v) is 20.1. The fraction of sp³-hybridized carbons (Fsp3) is 0.0385. The molecule has 2 heterocycles. The molecule has 0 saturated heterocycles. The second-order valence-corrected chi connectivity index (χ2v) is 15.8. The first kappa shape index (κ1) is 32.7. The van der Waals surface area contributed by atoms with E-state index < -0.39 is 0 Å². The Bertz CT molecular complexity index is 2970. The van der Waals surface area contributed by atoms with E-state index in [2.05, 4.69) is 227 Å². The van der Waals surface area contributed by atoms with Crippen LogP contribution >= 0.6 is 11.8 Å². The van der Waals surface area contributed by atoms with Crippen LogP contribution in [0.2, 0.25) is 0 Å². The number of allylic oxidation sites excluding steroid dienone is 2. The maximum atomic E-state index is 2.48. The van der Waals surface area contributed by atoms with E-state index in [0.717, 1.165) is 34.1 Å². The number of rotatable bonds is 7. The molecule has 0 spiro atoms. The summed E-state index contributed by atoms with van der Waals surface area (Å²) in [6.07, 6.45) is 7.23. The maximum absolute atomic E-state index is 2.48. The van der Waals surface area contributed by atoms with Crippen molar-refractivity contribution in [2.45, 2.75) is 16.1 Å². The molecule has 56 heavy (non-hydrogen) atoms. The quantitative estimate of drug-likeness (QED) is 0.162. The molecule has 266 valence electrons. The number of fused-ring (bicyclic) bond motifs is 7. The summed E-state index contributed by atoms with van der Waals surface area (Å²) in [5.74, 6) is 0.349. The van der Waals surface area contributed by atoms with E-state index in [1.165, 1.54) is 48.7 Å². The number of para-hydroxylation sites is 4. The lowest BCUT2D eigenvalue weighted by atomic mass is 9.90. The minimum Gasteiger partial charge on any atom is -0.311 e. The van der Waals surface area contributed by atoms with Crippen molar-refractivity contribution in [1.29, 1.82) is 0 Å². The van der Waals surface area contributed by atoms with Crippen LogP contribution in [0.1, 0.15) is 11.5 Å². The Balaban J connectivity index is 1.04. The smallest absolute Gasteiger partial charge is 0.0561 e. The summed E-state index contributed by atoms with van der Waals surface area (Å²) in [5.41, 5.74) is 11.7. The van der Waals surface area contributed by atoms with Crippen molar-refractivity contribution in [1.82, 2.24) is 4.57 Å². The van der Waals surface area contributed by atoms with Crippen molar-refractivity contribution in [2.24, 2.45) is 0 Å². The molecule has 11 rings (SSSR count). The van der Waals surface area contributed by atoms with Crippen molar-refractivity contribution in [3.8, 4) is 5.69 Å². The summed E-state index contributed by atoms with van der Waals surface area (Å²) in [5, 5.41) is 5.41. The minimum atomic E-state index is 0.320. The van der Waals surface area contributed by atoms with Crippen LogP contribution in [-0.4, -0.2) is 9.82 Å². The third-order valence-electron chi connectivity index (χ3n) is 11.2. The third-order valence-corrected chi connectivity index (χ3v) is 12.5. The molecule has 1 aliphatic heterocycles. The molecule has 3 nitrogen and oxygen atoms in total. The number of nitrogens with zero attached hydrogens (tertiary/aromatic N) is 3. The molecule has 0 saturated carbocycles. The highest BCUT2D eigenvalue weighted by molar-refractivity contribution is 8.00. The van der Waals surface area contributed by atoms with Crippen LogP contribution in [0.25, 0.3) is 38.3 Å². The molecule has 0 fully saturated rings. The Morgan fingerprint density at radius 3 is 1.80 bits per heavy atom. The monoisotopic (exact) mass is 735 g/mol. The highest BCUT2D eigenvalue weighted by atomic mass is 32.2. The standard InChI is InChI=1S/C52H37N3S/c1-4-17-38(18-5-1)53(43-27-29-46-45-25-12-13-26-49(45)55(50(46)34-43)40-21-8-3-9-22-40)41-23-14-24-42(33-41)54(39-19-6-2-7-20-39)44-28-30-47-48-31-36-15-10-11-16-37(36)32-51(48)56-52(47)35-44/h1-35,47,52H. The third kappa shape index (κ3) is 5.53. The second-order valence-electron chi connectivity index (χ2n) is 14.5. The van der Waals surface area contributed by atoms with Gasteiger partial charge in [0.25, 0.3) is 0 Å². The van der Waals surface area contributed by atoms with Crippen LogP contribution in [0, 0.1) is 0 Å². The number of hydrogen-bond donors (Lipinski definition) is 0. The van der Waals surface area contributed by atoms with Crippen molar-refractivity contribution < 1.29 is 0 Å². The van der Waals surface area contributed by atoms with Crippen molar-refractivity contribution >= 4 is 72.8 Å². The summed E-state index contributed by atoms with van der Waals surface area (Å²) in [6.45, 7) is 0. The Hall–Kier alpha value is -6.75. The van der Waals surface area contributed by atoms with Crippen molar-refractivity contribution in [3.63, 3.8) is 0 Å². The molecule has 0 amide bonds. The zero-order valence-corrected chi connectivity index (χ0v) is 31.4. The van der Waals surface area contributed by atoms with E-state index in [1.54, 1.807) is 0 Å². The molecule has 4 heteroatoms. The molecule has 2 atom stereocenters. The van der Waals surface area contributed by atoms with Crippen molar-refractivity contribution in [2.75, 3.05) is 9.80 Å². The van der Waals surface area contributed by atoms with Gasteiger partial charge in [-0.2, -0.15) is 0 Å². The van der Waals surface area contributed by atoms with Gasteiger partial charge in [0.1, 0.15) is 0 Å². The van der Waals surface area contributed by atoms with E-state index in [9.17, 15) is 0 Å². The highest BCUT2D eigenvalue weighted by Gasteiger charge is 2.34. The van der Waals surface area contributed by atoms with Gasteiger partial charge in [0, 0.05) is 66.7 Å². The second kappa shape index (κ2) is 13.5. The van der Waals surface area contributed by atoms with Crippen LogP contribution in [0.3, 0.4) is 0 Å². The van der Waals surface area contributed by atoms with Gasteiger partial charge in [0.15, 0.2) is 0 Å². The zero-order valence-electron chi connectivity index (χ0n) is 30.6. The zero-order chi connectivity index (χ0) is 37.0. The van der Waals surface area contributed by atoms with Gasteiger partial charge in [-0.3, -0.25) is 0 Å². The summed E-state index contributed by atoms with van der Waals surface area (Å²) in [6, 6.07) is 70.3. The van der Waals surface area contributed by atoms with Crippen LogP contribution in [0.4, 0.5) is 28.4 Å². The first-order chi connectivity index (χ1) is 27.8. The van der Waals surface area contributed by atoms with Crippen LogP contribution in [0.5, 0.6) is 0 Å². The molecule has 9 aromatic rings. The van der Waals surface area contributed by atoms with Crippen molar-refractivity contribution in [3.05, 3.63) is 224 Å². The highest BCUT2D eigenvalue weighted by Crippen LogP contribution is 2.51. The minimum absolute atomic E-state index is 0.320. The normalized spacial score (nSPS) is 15.8. The van der Waals surface area contributed by atoms with Gasteiger partial charge < -0.3 is 14.4 Å². The lowest BCUT2D eigenvalue weighted by Crippen LogP contribution is -2.21. The van der Waals surface area contributed by atoms with Gasteiger partial charge in [-0.15, -0.1) is 11.8 Å². The van der Waals surface area contributed by atoms with Gasteiger partial charge >= 0.3 is 0 Å². The number of aromatic nitrogens is 1. The van der Waals surface area contributed by atoms with Gasteiger partial charge in [-0.25, -0.2) is 0 Å². The summed E-state index contributed by atoms with van der Waals surface area (Å²) in [4.78, 5) is 6.18. The summed E-state index contributed by atoms with van der Waals surface area (Å²) < 4.78 is 2.39. The maximum Gasteiger partial charge on any atom is 0.0561 e. The lowest BCUT2D eigenvalue weighted by molar-refractivity contribution is 0.868. The summed E-state index contributed by atoms with van der Waals surface area (Å²) in [7, 11) is 0. The number of thioether (sulfide) groups is 1. The molecule has 1 aromatic heterocycles. The van der Waals surface area contributed by atoms with Gasteiger partial charge in [-0.05, 0) is 113 Å². The largest absolute Gasteiger partial charge is 0.311 e.